The highest BCUT2D eigenvalue weighted by Gasteiger charge is 2.22. The molecule has 0 aliphatic heterocycles. The molecule has 0 N–H and O–H groups in total. The van der Waals surface area contributed by atoms with E-state index < -0.39 is 12.4 Å². The number of carbonyl (C=O) groups excluding carboxylic acids is 1. The maximum Gasteiger partial charge on any atom is 0.310 e. The Labute approximate surface area is 110 Å². The lowest BCUT2D eigenvalue weighted by Gasteiger charge is -2.11. The van der Waals surface area contributed by atoms with Gasteiger partial charge in [0, 0.05) is 9.77 Å². The lowest BCUT2D eigenvalue weighted by molar-refractivity contribution is -0.139. The molecule has 0 aromatic carbocycles. The van der Waals surface area contributed by atoms with Crippen LogP contribution in [0, 0.1) is 3.57 Å². The number of halogens is 3. The van der Waals surface area contributed by atoms with E-state index in [1.807, 2.05) is 0 Å². The summed E-state index contributed by atoms with van der Waals surface area (Å²) in [6.07, 6.45) is -1.46. The molecule has 1 aromatic heterocycles. The Balaban J connectivity index is 3.18. The van der Waals surface area contributed by atoms with Crippen LogP contribution in [0.5, 0.6) is 5.88 Å². The van der Waals surface area contributed by atoms with Crippen LogP contribution in [0.2, 0.25) is 0 Å². The monoisotopic (exact) mass is 357 g/mol. The van der Waals surface area contributed by atoms with Crippen LogP contribution in [0.25, 0.3) is 0 Å². The zero-order valence-corrected chi connectivity index (χ0v) is 11.3. The summed E-state index contributed by atoms with van der Waals surface area (Å²) >= 11 is 1.75. The van der Waals surface area contributed by atoms with Gasteiger partial charge in [0.15, 0.2) is 0 Å². The molecule has 0 aliphatic rings. The van der Waals surface area contributed by atoms with E-state index in [1.54, 1.807) is 22.6 Å². The summed E-state index contributed by atoms with van der Waals surface area (Å²) in [6.45, 7) is 0. The highest BCUT2D eigenvalue weighted by Crippen LogP contribution is 2.33. The van der Waals surface area contributed by atoms with Gasteiger partial charge >= 0.3 is 5.97 Å². The normalized spacial score (nSPS) is 10.5. The second-order valence-electron chi connectivity index (χ2n) is 3.07. The molecule has 94 valence electrons. The first-order valence-electron chi connectivity index (χ1n) is 4.57. The van der Waals surface area contributed by atoms with Crippen LogP contribution in [0.3, 0.4) is 0 Å². The lowest BCUT2D eigenvalue weighted by atomic mass is 10.1. The third-order valence-electron chi connectivity index (χ3n) is 2.06. The van der Waals surface area contributed by atoms with Crippen LogP contribution >= 0.6 is 22.6 Å². The Morgan fingerprint density at radius 2 is 2.18 bits per heavy atom. The average molecular weight is 357 g/mol. The van der Waals surface area contributed by atoms with Gasteiger partial charge in [0.2, 0.25) is 5.88 Å². The number of hydrogen-bond acceptors (Lipinski definition) is 4. The zero-order valence-electron chi connectivity index (χ0n) is 9.17. The molecule has 1 rings (SSSR count). The third kappa shape index (κ3) is 3.24. The molecule has 0 bridgehead atoms. The molecular weight excluding hydrogens is 347 g/mol. The second-order valence-corrected chi connectivity index (χ2v) is 4.15. The van der Waals surface area contributed by atoms with Gasteiger partial charge in [0.05, 0.1) is 26.2 Å². The number of hydrogen-bond donors (Lipinski definition) is 0. The number of ether oxygens (including phenoxy) is 2. The van der Waals surface area contributed by atoms with Gasteiger partial charge in [0.1, 0.15) is 0 Å². The maximum atomic E-state index is 12.8. The van der Waals surface area contributed by atoms with Gasteiger partial charge in [-0.05, 0) is 28.2 Å². The van der Waals surface area contributed by atoms with Crippen molar-refractivity contribution in [2.45, 2.75) is 12.8 Å². The summed E-state index contributed by atoms with van der Waals surface area (Å²) in [5.74, 6) is -0.631. The van der Waals surface area contributed by atoms with Crippen molar-refractivity contribution in [3.63, 3.8) is 0 Å². The third-order valence-corrected chi connectivity index (χ3v) is 3.33. The molecule has 0 radical (unpaired) electrons. The molecule has 0 amide bonds. The molecule has 0 saturated heterocycles. The molecule has 0 saturated carbocycles. The van der Waals surface area contributed by atoms with Crippen LogP contribution in [0.1, 0.15) is 17.6 Å². The van der Waals surface area contributed by atoms with Crippen molar-refractivity contribution in [1.82, 2.24) is 4.98 Å². The molecule has 17 heavy (non-hydrogen) atoms. The van der Waals surface area contributed by atoms with Gasteiger partial charge in [0.25, 0.3) is 6.43 Å². The number of rotatable bonds is 4. The van der Waals surface area contributed by atoms with Crippen LogP contribution < -0.4 is 4.74 Å². The highest BCUT2D eigenvalue weighted by molar-refractivity contribution is 14.1. The summed E-state index contributed by atoms with van der Waals surface area (Å²) in [7, 11) is 2.50. The summed E-state index contributed by atoms with van der Waals surface area (Å²) in [5, 5.41) is 0. The quantitative estimate of drug-likeness (QED) is 0.613. The first-order valence-corrected chi connectivity index (χ1v) is 5.65. The fourth-order valence-electron chi connectivity index (χ4n) is 1.23. The van der Waals surface area contributed by atoms with Gasteiger partial charge in [-0.15, -0.1) is 0 Å². The smallest absolute Gasteiger partial charge is 0.310 e. The fourth-order valence-corrected chi connectivity index (χ4v) is 2.03. The van der Waals surface area contributed by atoms with Crippen LogP contribution in [0.15, 0.2) is 6.20 Å². The Hall–Kier alpha value is -0.990. The summed E-state index contributed by atoms with van der Waals surface area (Å²) in [5.41, 5.74) is 0.100. The first-order chi connectivity index (χ1) is 8.01. The average Bonchev–Trinajstić information content (AvgIpc) is 2.30. The zero-order chi connectivity index (χ0) is 13.0. The van der Waals surface area contributed by atoms with Crippen molar-refractivity contribution in [2.75, 3.05) is 14.2 Å². The van der Waals surface area contributed by atoms with E-state index in [0.29, 0.717) is 5.56 Å². The second kappa shape index (κ2) is 6.08. The number of aromatic nitrogens is 1. The van der Waals surface area contributed by atoms with Crippen LogP contribution in [0.4, 0.5) is 8.78 Å². The van der Waals surface area contributed by atoms with Crippen molar-refractivity contribution in [1.29, 1.82) is 0 Å². The van der Waals surface area contributed by atoms with Gasteiger partial charge in [-0.25, -0.2) is 13.8 Å². The summed E-state index contributed by atoms with van der Waals surface area (Å²) < 4.78 is 35.2. The topological polar surface area (TPSA) is 48.4 Å². The van der Waals surface area contributed by atoms with Gasteiger partial charge in [-0.3, -0.25) is 4.79 Å². The van der Waals surface area contributed by atoms with Crippen molar-refractivity contribution in [2.24, 2.45) is 0 Å². The number of pyridine rings is 1. The molecule has 0 aliphatic carbocycles. The van der Waals surface area contributed by atoms with Gasteiger partial charge in [-0.2, -0.15) is 0 Å². The molecular formula is C10H10F2INO3. The predicted octanol–water partition coefficient (Wildman–Crippen LogP) is 2.35. The first kappa shape index (κ1) is 14.1. The number of esters is 1. The lowest BCUT2D eigenvalue weighted by Crippen LogP contribution is -2.09. The largest absolute Gasteiger partial charge is 0.481 e. The van der Waals surface area contributed by atoms with E-state index in [1.165, 1.54) is 20.4 Å². The molecule has 1 heterocycles. The SMILES string of the molecule is COC(=O)Cc1cnc(OC)c(C(F)F)c1I. The van der Waals surface area contributed by atoms with Crippen molar-refractivity contribution in [3.8, 4) is 5.88 Å². The number of methoxy groups -OCH3 is 2. The van der Waals surface area contributed by atoms with E-state index in [-0.39, 0.29) is 21.4 Å². The Morgan fingerprint density at radius 3 is 2.65 bits per heavy atom. The minimum absolute atomic E-state index is 0.0918. The van der Waals surface area contributed by atoms with Crippen molar-refractivity contribution >= 4 is 28.6 Å². The molecule has 0 atom stereocenters. The van der Waals surface area contributed by atoms with E-state index in [9.17, 15) is 13.6 Å². The van der Waals surface area contributed by atoms with Gasteiger partial charge in [-0.1, -0.05) is 0 Å². The minimum atomic E-state index is -2.71. The van der Waals surface area contributed by atoms with Crippen LogP contribution in [-0.2, 0) is 16.0 Å². The molecule has 1 aromatic rings. The van der Waals surface area contributed by atoms with E-state index in [0.717, 1.165) is 0 Å². The minimum Gasteiger partial charge on any atom is -0.481 e. The molecule has 0 unspecified atom stereocenters. The number of carbonyl (C=O) groups is 1. The summed E-state index contributed by atoms with van der Waals surface area (Å²) in [4.78, 5) is 14.8. The van der Waals surface area contributed by atoms with E-state index in [2.05, 4.69) is 9.72 Å². The van der Waals surface area contributed by atoms with Crippen molar-refractivity contribution in [3.05, 3.63) is 20.9 Å². The molecule has 4 nitrogen and oxygen atoms in total. The Kier molecular flexibility index (Phi) is 5.03. The number of alkyl halides is 2. The standard InChI is InChI=1S/C10H10F2INO3/c1-16-6(15)3-5-4-14-10(17-2)7(8(5)13)9(11)12/h4,9H,3H2,1-2H3. The predicted molar refractivity (Wildman–Crippen MR) is 64.2 cm³/mol. The fraction of sp³-hybridized carbons (Fsp3) is 0.400. The molecule has 7 heteroatoms. The van der Waals surface area contributed by atoms with E-state index >= 15 is 0 Å². The van der Waals surface area contributed by atoms with Crippen molar-refractivity contribution < 1.29 is 23.0 Å². The Morgan fingerprint density at radius 1 is 1.53 bits per heavy atom. The van der Waals surface area contributed by atoms with Crippen LogP contribution in [-0.4, -0.2) is 25.2 Å². The highest BCUT2D eigenvalue weighted by atomic mass is 127. The van der Waals surface area contributed by atoms with Gasteiger partial charge < -0.3 is 9.47 Å². The maximum absolute atomic E-state index is 12.8. The summed E-state index contributed by atoms with van der Waals surface area (Å²) in [6, 6.07) is 0. The number of nitrogens with zero attached hydrogens (tertiary/aromatic N) is 1. The molecule has 0 spiro atoms. The Bertz CT molecular complexity index is 426. The molecule has 0 fully saturated rings. The van der Waals surface area contributed by atoms with E-state index in [4.69, 9.17) is 4.74 Å².